The van der Waals surface area contributed by atoms with E-state index in [9.17, 15) is 14.0 Å². The number of benzene rings is 1. The molecule has 0 bridgehead atoms. The fourth-order valence-electron chi connectivity index (χ4n) is 1.68. The maximum absolute atomic E-state index is 13.4. The lowest BCUT2D eigenvalue weighted by molar-refractivity contribution is -0.125. The number of carbonyl (C=O) groups excluding carboxylic acids is 2. The first kappa shape index (κ1) is 13.8. The minimum absolute atomic E-state index is 0.0427. The van der Waals surface area contributed by atoms with E-state index in [4.69, 9.17) is 4.74 Å². The lowest BCUT2D eigenvalue weighted by Gasteiger charge is -2.12. The molecule has 0 atom stereocenters. The van der Waals surface area contributed by atoms with Gasteiger partial charge in [0.2, 0.25) is 5.91 Å². The summed E-state index contributed by atoms with van der Waals surface area (Å²) < 4.78 is 19.3. The molecular formula is C12H12BrFN2O3. The number of nitrogens with one attached hydrogen (secondary N) is 1. The number of carbonyl (C=O) groups is 2. The third-order valence-corrected chi connectivity index (χ3v) is 3.11. The zero-order valence-electron chi connectivity index (χ0n) is 9.99. The van der Waals surface area contributed by atoms with Gasteiger partial charge in [-0.05, 0) is 24.6 Å². The third kappa shape index (κ3) is 3.44. The highest BCUT2D eigenvalue weighted by atomic mass is 79.9. The van der Waals surface area contributed by atoms with Crippen LogP contribution in [0, 0.1) is 5.82 Å². The summed E-state index contributed by atoms with van der Waals surface area (Å²) in [6.07, 6.45) is 0.453. The zero-order chi connectivity index (χ0) is 13.8. The number of hydrogen-bond donors (Lipinski definition) is 1. The molecule has 0 aromatic heterocycles. The smallest absolute Gasteiger partial charge is 0.324 e. The van der Waals surface area contributed by atoms with Crippen molar-refractivity contribution >= 4 is 27.9 Å². The van der Waals surface area contributed by atoms with Crippen molar-refractivity contribution in [2.45, 2.75) is 6.42 Å². The average Bonchev–Trinajstić information content (AvgIpc) is 2.68. The molecule has 5 nitrogen and oxygen atoms in total. The van der Waals surface area contributed by atoms with Gasteiger partial charge in [-0.2, -0.15) is 0 Å². The summed E-state index contributed by atoms with van der Waals surface area (Å²) in [7, 11) is 0. The van der Waals surface area contributed by atoms with Crippen molar-refractivity contribution in [1.82, 2.24) is 10.2 Å². The Hall–Kier alpha value is -1.63. The number of nitrogens with zero attached hydrogens (tertiary/aromatic N) is 1. The van der Waals surface area contributed by atoms with Gasteiger partial charge in [0.25, 0.3) is 0 Å². The molecule has 0 aliphatic carbocycles. The van der Waals surface area contributed by atoms with Crippen LogP contribution in [0.1, 0.15) is 6.42 Å². The Bertz CT molecular complexity index is 494. The van der Waals surface area contributed by atoms with E-state index in [2.05, 4.69) is 21.2 Å². The number of urea groups is 1. The van der Waals surface area contributed by atoms with Gasteiger partial charge in [-0.3, -0.25) is 9.69 Å². The van der Waals surface area contributed by atoms with Gasteiger partial charge in [0.05, 0.1) is 13.2 Å². The molecule has 0 unspecified atom stereocenters. The van der Waals surface area contributed by atoms with Crippen molar-refractivity contribution in [3.8, 4) is 5.75 Å². The number of amides is 3. The quantitative estimate of drug-likeness (QED) is 0.662. The molecule has 0 saturated carbocycles. The third-order valence-electron chi connectivity index (χ3n) is 2.61. The summed E-state index contributed by atoms with van der Waals surface area (Å²) in [6, 6.07) is 4.12. The van der Waals surface area contributed by atoms with Gasteiger partial charge >= 0.3 is 6.03 Å². The van der Waals surface area contributed by atoms with E-state index >= 15 is 0 Å². The van der Waals surface area contributed by atoms with Crippen molar-refractivity contribution in [2.75, 3.05) is 19.7 Å². The van der Waals surface area contributed by atoms with Crippen LogP contribution in [0.3, 0.4) is 0 Å². The van der Waals surface area contributed by atoms with Crippen LogP contribution < -0.4 is 10.1 Å². The lowest BCUT2D eigenvalue weighted by Crippen LogP contribution is -2.32. The molecule has 0 spiro atoms. The maximum atomic E-state index is 13.4. The van der Waals surface area contributed by atoms with Crippen LogP contribution in [0.25, 0.3) is 0 Å². The Labute approximate surface area is 117 Å². The Morgan fingerprint density at radius 3 is 2.84 bits per heavy atom. The molecule has 1 N–H and O–H groups in total. The average molecular weight is 331 g/mol. The number of ether oxygens (including phenoxy) is 1. The first-order chi connectivity index (χ1) is 9.08. The second kappa shape index (κ2) is 6.01. The van der Waals surface area contributed by atoms with Crippen molar-refractivity contribution in [1.29, 1.82) is 0 Å². The van der Waals surface area contributed by atoms with E-state index in [-0.39, 0.29) is 37.4 Å². The number of rotatable bonds is 5. The molecule has 1 aromatic rings. The largest absolute Gasteiger partial charge is 0.490 e. The summed E-state index contributed by atoms with van der Waals surface area (Å²) in [5.41, 5.74) is 0. The normalized spacial score (nSPS) is 14.7. The highest BCUT2D eigenvalue weighted by molar-refractivity contribution is 9.10. The van der Waals surface area contributed by atoms with Crippen LogP contribution >= 0.6 is 15.9 Å². The highest BCUT2D eigenvalue weighted by Crippen LogP contribution is 2.21. The fourth-order valence-corrected chi connectivity index (χ4v) is 2.01. The minimum Gasteiger partial charge on any atom is -0.490 e. The molecule has 1 fully saturated rings. The van der Waals surface area contributed by atoms with Gasteiger partial charge in [-0.1, -0.05) is 15.9 Å². The van der Waals surface area contributed by atoms with E-state index in [1.807, 2.05) is 0 Å². The second-order valence-corrected chi connectivity index (χ2v) is 4.90. The molecule has 1 saturated heterocycles. The van der Waals surface area contributed by atoms with Crippen LogP contribution in [0.15, 0.2) is 22.7 Å². The molecule has 7 heteroatoms. The first-order valence-electron chi connectivity index (χ1n) is 5.74. The molecule has 1 heterocycles. The molecular weight excluding hydrogens is 319 g/mol. The van der Waals surface area contributed by atoms with E-state index in [1.54, 1.807) is 6.07 Å². The topological polar surface area (TPSA) is 58.6 Å². The Morgan fingerprint density at radius 2 is 2.21 bits per heavy atom. The standard InChI is InChI=1S/C12H12BrFN2O3/c13-8-2-3-10(9(14)6-8)19-5-1-4-16-11(17)7-15-12(16)18/h2-3,6H,1,4-5,7H2,(H,15,18). The zero-order valence-corrected chi connectivity index (χ0v) is 11.6. The van der Waals surface area contributed by atoms with E-state index in [1.165, 1.54) is 12.1 Å². The van der Waals surface area contributed by atoms with Gasteiger partial charge in [0.1, 0.15) is 0 Å². The van der Waals surface area contributed by atoms with Crippen LogP contribution in [0.5, 0.6) is 5.75 Å². The molecule has 3 amide bonds. The van der Waals surface area contributed by atoms with Gasteiger partial charge in [0, 0.05) is 11.0 Å². The van der Waals surface area contributed by atoms with Gasteiger partial charge < -0.3 is 10.1 Å². The van der Waals surface area contributed by atoms with Crippen LogP contribution in [0.4, 0.5) is 9.18 Å². The monoisotopic (exact) mass is 330 g/mol. The second-order valence-electron chi connectivity index (χ2n) is 3.98. The molecule has 2 rings (SSSR count). The molecule has 1 aliphatic heterocycles. The van der Waals surface area contributed by atoms with Crippen molar-refractivity contribution in [3.05, 3.63) is 28.5 Å². The summed E-state index contributed by atoms with van der Waals surface area (Å²) in [5, 5.41) is 2.42. The van der Waals surface area contributed by atoms with Gasteiger partial charge in [-0.25, -0.2) is 9.18 Å². The summed E-state index contributed by atoms with van der Waals surface area (Å²) in [6.45, 7) is 0.541. The predicted molar refractivity (Wildman–Crippen MR) is 69.3 cm³/mol. The molecule has 1 aliphatic rings. The van der Waals surface area contributed by atoms with Gasteiger partial charge in [0.15, 0.2) is 11.6 Å². The van der Waals surface area contributed by atoms with Crippen LogP contribution in [0.2, 0.25) is 0 Å². The van der Waals surface area contributed by atoms with Crippen molar-refractivity contribution < 1.29 is 18.7 Å². The number of hydrogen-bond acceptors (Lipinski definition) is 3. The Kier molecular flexibility index (Phi) is 4.36. The lowest BCUT2D eigenvalue weighted by atomic mass is 10.3. The van der Waals surface area contributed by atoms with E-state index in [0.29, 0.717) is 10.9 Å². The van der Waals surface area contributed by atoms with Crippen LogP contribution in [-0.4, -0.2) is 36.5 Å². The predicted octanol–water partition coefficient (Wildman–Crippen LogP) is 1.91. The summed E-state index contributed by atoms with van der Waals surface area (Å²) >= 11 is 3.15. The molecule has 102 valence electrons. The SMILES string of the molecule is O=C1CNC(=O)N1CCCOc1ccc(Br)cc1F. The minimum atomic E-state index is -0.454. The van der Waals surface area contributed by atoms with Crippen molar-refractivity contribution in [2.24, 2.45) is 0 Å². The molecule has 19 heavy (non-hydrogen) atoms. The number of imide groups is 1. The Balaban J connectivity index is 1.78. The van der Waals surface area contributed by atoms with E-state index < -0.39 is 5.82 Å². The van der Waals surface area contributed by atoms with Crippen molar-refractivity contribution in [3.63, 3.8) is 0 Å². The fraction of sp³-hybridized carbons (Fsp3) is 0.333. The van der Waals surface area contributed by atoms with Gasteiger partial charge in [-0.15, -0.1) is 0 Å². The molecule has 1 aromatic carbocycles. The van der Waals surface area contributed by atoms with Crippen LogP contribution in [-0.2, 0) is 4.79 Å². The van der Waals surface area contributed by atoms with E-state index in [0.717, 1.165) is 4.90 Å². The maximum Gasteiger partial charge on any atom is 0.324 e. The number of halogens is 2. The summed E-state index contributed by atoms with van der Waals surface area (Å²) in [4.78, 5) is 23.6. The Morgan fingerprint density at radius 1 is 1.42 bits per heavy atom. The first-order valence-corrected chi connectivity index (χ1v) is 6.53. The summed E-state index contributed by atoms with van der Waals surface area (Å²) in [5.74, 6) is -0.551. The molecule has 0 radical (unpaired) electrons. The highest BCUT2D eigenvalue weighted by Gasteiger charge is 2.27.